The predicted molar refractivity (Wildman–Crippen MR) is 62.8 cm³/mol. The van der Waals surface area contributed by atoms with E-state index >= 15 is 0 Å². The predicted octanol–water partition coefficient (Wildman–Crippen LogP) is 1.37. The molecule has 1 amide bonds. The minimum atomic E-state index is -2.73. The number of carbonyl (C=O) groups excluding carboxylic acids is 1. The molecule has 0 saturated heterocycles. The Bertz CT molecular complexity index is 519. The van der Waals surface area contributed by atoms with Gasteiger partial charge in [-0.05, 0) is 13.8 Å². The normalized spacial score (nSPS) is 15.6. The molecule has 1 N–H and O–H groups in total. The highest BCUT2D eigenvalue weighted by Crippen LogP contribution is 2.28. The van der Waals surface area contributed by atoms with Crippen molar-refractivity contribution in [1.82, 2.24) is 4.98 Å². The maximum Gasteiger partial charge on any atom is 0.250 e. The van der Waals surface area contributed by atoms with E-state index in [9.17, 15) is 14.1 Å². The third-order valence-electron chi connectivity index (χ3n) is 1.68. The molecule has 1 aromatic heterocycles. The fraction of sp³-hybridized carbons (Fsp3) is 0.556. The van der Waals surface area contributed by atoms with Crippen molar-refractivity contribution in [2.24, 2.45) is 4.36 Å². The molecule has 16 heavy (non-hydrogen) atoms. The zero-order chi connectivity index (χ0) is 12.6. The fourth-order valence-electron chi connectivity index (χ4n) is 1.01. The lowest BCUT2D eigenvalue weighted by Gasteiger charge is -2.12. The molecule has 0 spiro atoms. The van der Waals surface area contributed by atoms with Gasteiger partial charge in [-0.1, -0.05) is 0 Å². The maximum atomic E-state index is 12.0. The van der Waals surface area contributed by atoms with Crippen LogP contribution in [-0.2, 0) is 20.1 Å². The molecule has 1 heterocycles. The summed E-state index contributed by atoms with van der Waals surface area (Å²) in [4.78, 5) is 14.8. The molecule has 1 atom stereocenters. The lowest BCUT2D eigenvalue weighted by Crippen LogP contribution is -2.14. The Hall–Kier alpha value is -0.790. The van der Waals surface area contributed by atoms with Crippen LogP contribution in [-0.4, -0.2) is 26.5 Å². The van der Waals surface area contributed by atoms with Crippen LogP contribution in [0.15, 0.2) is 14.8 Å². The third-order valence-corrected chi connectivity index (χ3v) is 5.42. The van der Waals surface area contributed by atoms with E-state index < -0.39 is 21.2 Å². The average molecular weight is 262 g/mol. The molecule has 7 heteroatoms. The zero-order valence-electron chi connectivity index (χ0n) is 9.55. The number of nitrogens with zero attached hydrogens (tertiary/aromatic N) is 2. The van der Waals surface area contributed by atoms with Gasteiger partial charge in [0, 0.05) is 13.2 Å². The Morgan fingerprint density at radius 3 is 2.56 bits per heavy atom. The molecule has 0 saturated carbocycles. The molecule has 0 aromatic carbocycles. The fourth-order valence-corrected chi connectivity index (χ4v) is 3.45. The summed E-state index contributed by atoms with van der Waals surface area (Å²) in [6, 6.07) is 0. The molecule has 5 nitrogen and oxygen atoms in total. The van der Waals surface area contributed by atoms with Gasteiger partial charge in [0.15, 0.2) is 0 Å². The number of carbonyl (C=O) groups is 1. The van der Waals surface area contributed by atoms with Gasteiger partial charge in [-0.3, -0.25) is 4.79 Å². The standard InChI is InChI=1S/C9H14N2O3S2/c1-6(12)11-16(4,14)7-5-10-8(15-7)9(2,3)13/h5,13H,1-4H3. The van der Waals surface area contributed by atoms with Crippen molar-refractivity contribution in [3.8, 4) is 0 Å². The highest BCUT2D eigenvalue weighted by atomic mass is 32.2. The van der Waals surface area contributed by atoms with Crippen molar-refractivity contribution in [3.05, 3.63) is 11.2 Å². The molecule has 1 aromatic rings. The summed E-state index contributed by atoms with van der Waals surface area (Å²) < 4.78 is 16.0. The van der Waals surface area contributed by atoms with Crippen LogP contribution < -0.4 is 0 Å². The molecule has 1 rings (SSSR count). The molecule has 0 aliphatic heterocycles. The van der Waals surface area contributed by atoms with Crippen LogP contribution in [0.2, 0.25) is 0 Å². The van der Waals surface area contributed by atoms with E-state index in [0.29, 0.717) is 9.22 Å². The number of rotatable bonds is 2. The van der Waals surface area contributed by atoms with E-state index in [2.05, 4.69) is 9.35 Å². The average Bonchev–Trinajstić information content (AvgIpc) is 2.47. The molecule has 90 valence electrons. The Labute approximate surface area is 98.7 Å². The summed E-state index contributed by atoms with van der Waals surface area (Å²) in [5.41, 5.74) is -1.07. The molecular weight excluding hydrogens is 248 g/mol. The first-order valence-corrected chi connectivity index (χ1v) is 7.28. The van der Waals surface area contributed by atoms with Gasteiger partial charge in [-0.2, -0.15) is 4.36 Å². The van der Waals surface area contributed by atoms with Gasteiger partial charge >= 0.3 is 0 Å². The van der Waals surface area contributed by atoms with Gasteiger partial charge in [0.05, 0.1) is 15.9 Å². The van der Waals surface area contributed by atoms with Crippen LogP contribution in [0.3, 0.4) is 0 Å². The largest absolute Gasteiger partial charge is 0.383 e. The van der Waals surface area contributed by atoms with Crippen LogP contribution in [0.4, 0.5) is 0 Å². The van der Waals surface area contributed by atoms with E-state index in [1.807, 2.05) is 0 Å². The number of aliphatic hydroxyl groups is 1. The highest BCUT2D eigenvalue weighted by molar-refractivity contribution is 7.95. The Kier molecular flexibility index (Phi) is 3.51. The Morgan fingerprint density at radius 1 is 1.62 bits per heavy atom. The first kappa shape index (κ1) is 13.3. The van der Waals surface area contributed by atoms with Gasteiger partial charge in [0.25, 0.3) is 5.91 Å². The van der Waals surface area contributed by atoms with Crippen LogP contribution in [0.1, 0.15) is 25.8 Å². The lowest BCUT2D eigenvalue weighted by atomic mass is 10.2. The van der Waals surface area contributed by atoms with Gasteiger partial charge in [-0.15, -0.1) is 11.3 Å². The van der Waals surface area contributed by atoms with Gasteiger partial charge in [0.1, 0.15) is 14.8 Å². The third kappa shape index (κ3) is 3.10. The topological polar surface area (TPSA) is 79.6 Å². The van der Waals surface area contributed by atoms with Crippen LogP contribution >= 0.6 is 11.3 Å². The molecular formula is C9H14N2O3S2. The second kappa shape index (κ2) is 4.23. The quantitative estimate of drug-likeness (QED) is 0.873. The first-order chi connectivity index (χ1) is 7.13. The first-order valence-electron chi connectivity index (χ1n) is 4.54. The highest BCUT2D eigenvalue weighted by Gasteiger charge is 2.22. The minimum absolute atomic E-state index is 0.403. The Balaban J connectivity index is 3.23. The molecule has 0 bridgehead atoms. The van der Waals surface area contributed by atoms with E-state index in [-0.39, 0.29) is 0 Å². The second-order valence-corrected chi connectivity index (χ2v) is 7.47. The van der Waals surface area contributed by atoms with Crippen molar-refractivity contribution in [3.63, 3.8) is 0 Å². The smallest absolute Gasteiger partial charge is 0.250 e. The number of hydrogen-bond donors (Lipinski definition) is 1. The summed E-state index contributed by atoms with van der Waals surface area (Å²) in [6.45, 7) is 4.44. The van der Waals surface area contributed by atoms with Crippen LogP contribution in [0.5, 0.6) is 0 Å². The van der Waals surface area contributed by atoms with E-state index in [1.54, 1.807) is 13.8 Å². The second-order valence-electron chi connectivity index (χ2n) is 3.96. The molecule has 0 aliphatic carbocycles. The summed E-state index contributed by atoms with van der Waals surface area (Å²) in [7, 11) is -2.73. The minimum Gasteiger partial charge on any atom is -0.383 e. The monoisotopic (exact) mass is 262 g/mol. The van der Waals surface area contributed by atoms with Gasteiger partial charge in [-0.25, -0.2) is 9.19 Å². The van der Waals surface area contributed by atoms with Crippen molar-refractivity contribution in [2.75, 3.05) is 6.26 Å². The number of aromatic nitrogens is 1. The van der Waals surface area contributed by atoms with Crippen molar-refractivity contribution < 1.29 is 14.1 Å². The molecule has 1 unspecified atom stereocenters. The van der Waals surface area contributed by atoms with Crippen LogP contribution in [0.25, 0.3) is 0 Å². The summed E-state index contributed by atoms with van der Waals surface area (Å²) >= 11 is 1.11. The summed E-state index contributed by atoms with van der Waals surface area (Å²) in [5.74, 6) is -0.481. The SMILES string of the molecule is CC(=O)N=S(C)(=O)c1cnc(C(C)(C)O)s1. The maximum absolute atomic E-state index is 12.0. The number of thiazole rings is 1. The van der Waals surface area contributed by atoms with Crippen molar-refractivity contribution >= 4 is 27.0 Å². The molecule has 0 radical (unpaired) electrons. The summed E-state index contributed by atoms with van der Waals surface area (Å²) in [6.07, 6.45) is 2.78. The lowest BCUT2D eigenvalue weighted by molar-refractivity contribution is -0.115. The molecule has 0 fully saturated rings. The number of hydrogen-bond acceptors (Lipinski definition) is 5. The summed E-state index contributed by atoms with van der Waals surface area (Å²) in [5, 5.41) is 10.2. The van der Waals surface area contributed by atoms with E-state index in [0.717, 1.165) is 11.3 Å². The van der Waals surface area contributed by atoms with Gasteiger partial charge in [0.2, 0.25) is 0 Å². The zero-order valence-corrected chi connectivity index (χ0v) is 11.2. The van der Waals surface area contributed by atoms with E-state index in [4.69, 9.17) is 0 Å². The van der Waals surface area contributed by atoms with Crippen molar-refractivity contribution in [1.29, 1.82) is 0 Å². The van der Waals surface area contributed by atoms with Crippen molar-refractivity contribution in [2.45, 2.75) is 30.6 Å². The van der Waals surface area contributed by atoms with E-state index in [1.165, 1.54) is 19.4 Å². The van der Waals surface area contributed by atoms with Crippen LogP contribution in [0, 0.1) is 0 Å². The number of amides is 1. The van der Waals surface area contributed by atoms with Gasteiger partial charge < -0.3 is 5.11 Å². The molecule has 0 aliphatic rings. The Morgan fingerprint density at radius 2 is 2.19 bits per heavy atom.